The zero-order chi connectivity index (χ0) is 29.0. The lowest BCUT2D eigenvalue weighted by molar-refractivity contribution is -0.114. The molecule has 41 heavy (non-hydrogen) atoms. The average Bonchev–Trinajstić information content (AvgIpc) is 2.98. The van der Waals surface area contributed by atoms with Crippen molar-refractivity contribution in [2.24, 2.45) is 0 Å². The van der Waals surface area contributed by atoms with E-state index in [2.05, 4.69) is 16.0 Å². The molecule has 0 bridgehead atoms. The topological polar surface area (TPSA) is 96.5 Å². The van der Waals surface area contributed by atoms with Crippen LogP contribution in [0.25, 0.3) is 6.08 Å². The second kappa shape index (κ2) is 14.5. The van der Waals surface area contributed by atoms with Crippen molar-refractivity contribution in [2.45, 2.75) is 18.7 Å². The molecular weight excluding hydrogens is 534 g/mol. The summed E-state index contributed by atoms with van der Waals surface area (Å²) in [7, 11) is 0. The molecule has 7 nitrogen and oxygen atoms in total. The first-order chi connectivity index (χ1) is 19.9. The number of carbonyl (C=O) groups excluding carboxylic acids is 3. The summed E-state index contributed by atoms with van der Waals surface area (Å²) < 4.78 is 5.57. The van der Waals surface area contributed by atoms with Crippen molar-refractivity contribution in [2.75, 3.05) is 23.0 Å². The molecule has 0 aromatic heterocycles. The third kappa shape index (κ3) is 8.58. The molecule has 0 heterocycles. The van der Waals surface area contributed by atoms with Gasteiger partial charge in [0, 0.05) is 16.1 Å². The Morgan fingerprint density at radius 3 is 2.34 bits per heavy atom. The van der Waals surface area contributed by atoms with Gasteiger partial charge in [-0.3, -0.25) is 14.4 Å². The van der Waals surface area contributed by atoms with E-state index in [9.17, 15) is 14.4 Å². The molecule has 0 saturated heterocycles. The highest BCUT2D eigenvalue weighted by atomic mass is 32.2. The molecule has 4 aromatic carbocycles. The second-order valence-corrected chi connectivity index (χ2v) is 10.0. The lowest BCUT2D eigenvalue weighted by Crippen LogP contribution is -2.30. The predicted octanol–water partition coefficient (Wildman–Crippen LogP) is 6.53. The van der Waals surface area contributed by atoms with Crippen LogP contribution in [0.5, 0.6) is 5.75 Å². The monoisotopic (exact) mass is 565 g/mol. The minimum atomic E-state index is -0.468. The number of hydrogen-bond acceptors (Lipinski definition) is 5. The van der Waals surface area contributed by atoms with Crippen molar-refractivity contribution in [3.8, 4) is 5.75 Å². The van der Waals surface area contributed by atoms with Gasteiger partial charge in [-0.2, -0.15) is 0 Å². The Morgan fingerprint density at radius 2 is 1.56 bits per heavy atom. The van der Waals surface area contributed by atoms with Gasteiger partial charge in [0.15, 0.2) is 0 Å². The molecule has 208 valence electrons. The van der Waals surface area contributed by atoms with Crippen LogP contribution in [0.2, 0.25) is 0 Å². The Morgan fingerprint density at radius 1 is 0.829 bits per heavy atom. The third-order valence-corrected chi connectivity index (χ3v) is 6.93. The van der Waals surface area contributed by atoms with Crippen LogP contribution in [0, 0.1) is 6.92 Å². The molecule has 4 rings (SSSR count). The number of carbonyl (C=O) groups is 3. The summed E-state index contributed by atoms with van der Waals surface area (Å²) >= 11 is 1.34. The first kappa shape index (κ1) is 29.2. The number of anilines is 2. The molecule has 8 heteroatoms. The van der Waals surface area contributed by atoms with E-state index < -0.39 is 5.91 Å². The highest BCUT2D eigenvalue weighted by Crippen LogP contribution is 2.26. The second-order valence-electron chi connectivity index (χ2n) is 8.98. The van der Waals surface area contributed by atoms with Crippen molar-refractivity contribution in [1.29, 1.82) is 0 Å². The molecule has 0 atom stereocenters. The van der Waals surface area contributed by atoms with Crippen molar-refractivity contribution >= 4 is 46.9 Å². The van der Waals surface area contributed by atoms with Crippen LogP contribution in [-0.4, -0.2) is 30.1 Å². The molecule has 0 saturated carbocycles. The number of benzene rings is 4. The largest absolute Gasteiger partial charge is 0.492 e. The Hall–Kier alpha value is -4.82. The Bertz CT molecular complexity index is 1550. The maximum absolute atomic E-state index is 13.4. The maximum Gasteiger partial charge on any atom is 0.272 e. The maximum atomic E-state index is 13.4. The molecular formula is C33H31N3O4S. The fourth-order valence-corrected chi connectivity index (χ4v) is 4.65. The Labute approximate surface area is 244 Å². The van der Waals surface area contributed by atoms with E-state index in [4.69, 9.17) is 4.74 Å². The molecule has 0 aliphatic heterocycles. The number of rotatable bonds is 11. The van der Waals surface area contributed by atoms with Gasteiger partial charge >= 0.3 is 0 Å². The first-order valence-electron chi connectivity index (χ1n) is 13.1. The summed E-state index contributed by atoms with van der Waals surface area (Å²) in [5, 5.41) is 8.52. The van der Waals surface area contributed by atoms with Crippen LogP contribution in [-0.2, 0) is 9.59 Å². The standard InChI is InChI=1S/C33H31N3O4S/c1-3-40-30-19-10-9-18-28(30)35-31(37)22-41-27-17-11-16-26(21-27)34-33(39)29(20-25-15-8-7-12-23(25)2)36-32(38)24-13-5-4-6-14-24/h4-21H,3,22H2,1-2H3,(H,34,39)(H,35,37)(H,36,38)/b29-20-. The van der Waals surface area contributed by atoms with Gasteiger partial charge < -0.3 is 20.7 Å². The lowest BCUT2D eigenvalue weighted by atomic mass is 10.1. The van der Waals surface area contributed by atoms with Crippen LogP contribution in [0.4, 0.5) is 11.4 Å². The van der Waals surface area contributed by atoms with Crippen molar-refractivity contribution in [3.05, 3.63) is 126 Å². The number of amides is 3. The number of thioether (sulfide) groups is 1. The van der Waals surface area contributed by atoms with E-state index in [-0.39, 0.29) is 23.3 Å². The SMILES string of the molecule is CCOc1ccccc1NC(=O)CSc1cccc(NC(=O)/C(=C/c2ccccc2C)NC(=O)c2ccccc2)c1. The molecule has 0 fully saturated rings. The molecule has 0 radical (unpaired) electrons. The quantitative estimate of drug-likeness (QED) is 0.142. The zero-order valence-electron chi connectivity index (χ0n) is 22.8. The van der Waals surface area contributed by atoms with Gasteiger partial charge in [0.05, 0.1) is 18.0 Å². The van der Waals surface area contributed by atoms with Crippen LogP contribution in [0.3, 0.4) is 0 Å². The van der Waals surface area contributed by atoms with Crippen LogP contribution in [0.1, 0.15) is 28.4 Å². The minimum absolute atomic E-state index is 0.110. The summed E-state index contributed by atoms with van der Waals surface area (Å²) in [6, 6.07) is 30.8. The smallest absolute Gasteiger partial charge is 0.272 e. The van der Waals surface area contributed by atoms with E-state index in [1.807, 2.05) is 68.4 Å². The van der Waals surface area contributed by atoms with Gasteiger partial charge in [-0.05, 0) is 73.5 Å². The van der Waals surface area contributed by atoms with Gasteiger partial charge in [0.1, 0.15) is 11.4 Å². The van der Waals surface area contributed by atoms with Gasteiger partial charge in [-0.15, -0.1) is 11.8 Å². The van der Waals surface area contributed by atoms with Gasteiger partial charge in [0.2, 0.25) is 5.91 Å². The van der Waals surface area contributed by atoms with Crippen LogP contribution < -0.4 is 20.7 Å². The van der Waals surface area contributed by atoms with Crippen molar-refractivity contribution < 1.29 is 19.1 Å². The van der Waals surface area contributed by atoms with E-state index in [0.29, 0.717) is 29.3 Å². The summed E-state index contributed by atoms with van der Waals surface area (Å²) in [5.74, 6) is -0.244. The van der Waals surface area contributed by atoms with Crippen LogP contribution in [0.15, 0.2) is 114 Å². The molecule has 0 unspecified atom stereocenters. The van der Waals surface area contributed by atoms with E-state index in [0.717, 1.165) is 16.0 Å². The summed E-state index contributed by atoms with van der Waals surface area (Å²) in [6.07, 6.45) is 1.66. The molecule has 3 amide bonds. The lowest BCUT2D eigenvalue weighted by Gasteiger charge is -2.13. The van der Waals surface area contributed by atoms with Crippen molar-refractivity contribution in [1.82, 2.24) is 5.32 Å². The summed E-state index contributed by atoms with van der Waals surface area (Å²) in [6.45, 7) is 4.32. The first-order valence-corrected chi connectivity index (χ1v) is 14.1. The summed E-state index contributed by atoms with van der Waals surface area (Å²) in [4.78, 5) is 39.7. The Kier molecular flexibility index (Phi) is 10.3. The van der Waals surface area contributed by atoms with E-state index in [1.54, 1.807) is 54.6 Å². The normalized spacial score (nSPS) is 10.9. The predicted molar refractivity (Wildman–Crippen MR) is 165 cm³/mol. The van der Waals surface area contributed by atoms with Gasteiger partial charge in [0.25, 0.3) is 11.8 Å². The third-order valence-electron chi connectivity index (χ3n) is 5.94. The number of ether oxygens (including phenoxy) is 1. The van der Waals surface area contributed by atoms with Gasteiger partial charge in [-0.1, -0.05) is 60.7 Å². The number of nitrogens with one attached hydrogen (secondary N) is 3. The van der Waals surface area contributed by atoms with E-state index >= 15 is 0 Å². The highest BCUT2D eigenvalue weighted by molar-refractivity contribution is 8.00. The fraction of sp³-hybridized carbons (Fsp3) is 0.121. The Balaban J connectivity index is 1.45. The van der Waals surface area contributed by atoms with E-state index in [1.165, 1.54) is 11.8 Å². The zero-order valence-corrected chi connectivity index (χ0v) is 23.7. The van der Waals surface area contributed by atoms with Crippen LogP contribution >= 0.6 is 11.8 Å². The van der Waals surface area contributed by atoms with Gasteiger partial charge in [-0.25, -0.2) is 0 Å². The molecule has 0 aliphatic rings. The number of aryl methyl sites for hydroxylation is 1. The summed E-state index contributed by atoms with van der Waals surface area (Å²) in [5.41, 5.74) is 3.48. The number of hydrogen-bond donors (Lipinski definition) is 3. The molecule has 3 N–H and O–H groups in total. The fourth-order valence-electron chi connectivity index (χ4n) is 3.90. The minimum Gasteiger partial charge on any atom is -0.492 e. The highest BCUT2D eigenvalue weighted by Gasteiger charge is 2.16. The molecule has 4 aromatic rings. The number of para-hydroxylation sites is 2. The van der Waals surface area contributed by atoms with Crippen molar-refractivity contribution in [3.63, 3.8) is 0 Å². The average molecular weight is 566 g/mol. The molecule has 0 aliphatic carbocycles. The molecule has 0 spiro atoms.